The van der Waals surface area contributed by atoms with Crippen molar-refractivity contribution in [2.45, 2.75) is 136 Å². The third-order valence-corrected chi connectivity index (χ3v) is 8.12. The zero-order valence-electron chi connectivity index (χ0n) is 30.2. The molecule has 0 aliphatic heterocycles. The van der Waals surface area contributed by atoms with Gasteiger partial charge in [-0.2, -0.15) is 0 Å². The van der Waals surface area contributed by atoms with Crippen LogP contribution in [0.25, 0.3) is 0 Å². The molecule has 0 aromatic carbocycles. The number of nitrogens with two attached hydrogens (primary N) is 1. The zero-order chi connectivity index (χ0) is 35.2. The summed E-state index contributed by atoms with van der Waals surface area (Å²) in [5, 5.41) is 0. The number of carbonyl (C=O) groups excluding carboxylic acids is 1. The van der Waals surface area contributed by atoms with Crippen molar-refractivity contribution in [1.82, 2.24) is 0 Å². The number of hydrogen-bond acceptors (Lipinski definition) is 7. The quantitative estimate of drug-likeness (QED) is 0.0296. The largest absolute Gasteiger partial charge is 0.472 e. The summed E-state index contributed by atoms with van der Waals surface area (Å²) in [5.41, 5.74) is 5.34. The fraction of sp³-hybridized carbons (Fsp3) is 0.667. The molecule has 9 heteroatoms. The average Bonchev–Trinajstić information content (AvgIpc) is 3.07. The van der Waals surface area contributed by atoms with Crippen LogP contribution in [0.3, 0.4) is 0 Å². The van der Waals surface area contributed by atoms with Crippen LogP contribution in [-0.4, -0.2) is 49.9 Å². The zero-order valence-corrected chi connectivity index (χ0v) is 31.1. The second-order valence-corrected chi connectivity index (χ2v) is 13.2. The number of esters is 1. The molecule has 2 atom stereocenters. The first-order chi connectivity index (χ1) is 23.4. The van der Waals surface area contributed by atoms with Gasteiger partial charge >= 0.3 is 13.8 Å². The van der Waals surface area contributed by atoms with Crippen molar-refractivity contribution in [3.8, 4) is 0 Å². The fourth-order valence-corrected chi connectivity index (χ4v) is 5.25. The van der Waals surface area contributed by atoms with Crippen LogP contribution in [-0.2, 0) is 27.9 Å². The molecular formula is C39H68NO7P. The van der Waals surface area contributed by atoms with Gasteiger partial charge in [0.2, 0.25) is 0 Å². The van der Waals surface area contributed by atoms with E-state index in [0.717, 1.165) is 70.6 Å². The van der Waals surface area contributed by atoms with Crippen LogP contribution in [0.4, 0.5) is 0 Å². The number of phosphoric acid groups is 1. The predicted octanol–water partition coefficient (Wildman–Crippen LogP) is 10.4. The van der Waals surface area contributed by atoms with E-state index in [9.17, 15) is 14.3 Å². The second-order valence-electron chi connectivity index (χ2n) is 11.7. The molecular weight excluding hydrogens is 625 g/mol. The van der Waals surface area contributed by atoms with E-state index in [0.29, 0.717) is 13.0 Å². The highest BCUT2D eigenvalue weighted by molar-refractivity contribution is 7.47. The molecule has 0 amide bonds. The Morgan fingerprint density at radius 1 is 0.646 bits per heavy atom. The Labute approximate surface area is 293 Å². The minimum Gasteiger partial charge on any atom is -0.457 e. The van der Waals surface area contributed by atoms with Gasteiger partial charge in [-0.1, -0.05) is 138 Å². The number of phosphoric ester groups is 1. The molecule has 0 saturated carbocycles. The first kappa shape index (κ1) is 45.9. The SMILES string of the molecule is CC/C=C\C/C=C\C/C=C\C/C=C\C/C=C\C/C=C\CCCOCC(COP(=O)(O)OCCN)OC(=O)CCCCCCCCCCC. The number of unbranched alkanes of at least 4 members (excludes halogenated alkanes) is 9. The van der Waals surface area contributed by atoms with Crippen molar-refractivity contribution in [3.63, 3.8) is 0 Å². The lowest BCUT2D eigenvalue weighted by Crippen LogP contribution is -2.28. The molecule has 3 N–H and O–H groups in total. The molecule has 0 aliphatic carbocycles. The summed E-state index contributed by atoms with van der Waals surface area (Å²) in [6.45, 7) is 4.59. The van der Waals surface area contributed by atoms with E-state index >= 15 is 0 Å². The smallest absolute Gasteiger partial charge is 0.457 e. The van der Waals surface area contributed by atoms with Gasteiger partial charge in [-0.05, 0) is 57.8 Å². The average molecular weight is 694 g/mol. The Bertz CT molecular complexity index is 958. The topological polar surface area (TPSA) is 117 Å². The molecule has 0 aliphatic rings. The third kappa shape index (κ3) is 35.3. The van der Waals surface area contributed by atoms with Gasteiger partial charge in [0, 0.05) is 19.6 Å². The predicted molar refractivity (Wildman–Crippen MR) is 201 cm³/mol. The molecule has 0 bridgehead atoms. The van der Waals surface area contributed by atoms with Gasteiger partial charge in [-0.25, -0.2) is 4.57 Å². The van der Waals surface area contributed by atoms with Crippen molar-refractivity contribution in [2.24, 2.45) is 5.73 Å². The minimum absolute atomic E-state index is 0.0736. The van der Waals surface area contributed by atoms with Gasteiger partial charge < -0.3 is 20.1 Å². The lowest BCUT2D eigenvalue weighted by Gasteiger charge is -2.20. The van der Waals surface area contributed by atoms with Crippen LogP contribution in [0.1, 0.15) is 129 Å². The van der Waals surface area contributed by atoms with Crippen LogP contribution in [0.5, 0.6) is 0 Å². The maximum atomic E-state index is 12.4. The third-order valence-electron chi connectivity index (χ3n) is 7.14. The summed E-state index contributed by atoms with van der Waals surface area (Å²) < 4.78 is 33.1. The molecule has 8 nitrogen and oxygen atoms in total. The Morgan fingerprint density at radius 2 is 1.15 bits per heavy atom. The summed E-state index contributed by atoms with van der Waals surface area (Å²) in [6, 6.07) is 0. The Morgan fingerprint density at radius 3 is 1.67 bits per heavy atom. The standard InChI is InChI=1S/C39H68NO7P/c1-3-5-7-9-11-13-14-15-16-17-18-19-20-21-22-23-25-27-29-31-34-44-36-38(37-46-48(42,43)45-35-33-40)47-39(41)32-30-28-26-24-12-10-8-6-4-2/h5,7,11,13,15-16,18-19,21-22,25,27,38H,3-4,6,8-10,12,14,17,20,23-24,26,28-37,40H2,1-2H3,(H,42,43)/b7-5-,13-11-,16-15-,19-18-,22-21-,27-25-. The molecule has 2 unspecified atom stereocenters. The fourth-order valence-electron chi connectivity index (χ4n) is 4.48. The van der Waals surface area contributed by atoms with Crippen LogP contribution in [0, 0.1) is 0 Å². The summed E-state index contributed by atoms with van der Waals surface area (Å²) >= 11 is 0. The highest BCUT2D eigenvalue weighted by Crippen LogP contribution is 2.43. The van der Waals surface area contributed by atoms with Gasteiger partial charge in [0.25, 0.3) is 0 Å². The molecule has 0 rings (SSSR count). The Balaban J connectivity index is 4.20. The molecule has 0 fully saturated rings. The summed E-state index contributed by atoms with van der Waals surface area (Å²) in [7, 11) is -4.28. The van der Waals surface area contributed by atoms with Gasteiger partial charge in [-0.3, -0.25) is 13.8 Å². The van der Waals surface area contributed by atoms with E-state index in [1.807, 2.05) is 0 Å². The highest BCUT2D eigenvalue weighted by atomic mass is 31.2. The second kappa shape index (κ2) is 36.2. The number of ether oxygens (including phenoxy) is 2. The first-order valence-corrected chi connectivity index (χ1v) is 19.9. The van der Waals surface area contributed by atoms with Crippen molar-refractivity contribution >= 4 is 13.8 Å². The molecule has 0 spiro atoms. The molecule has 0 aromatic rings. The minimum atomic E-state index is -4.28. The van der Waals surface area contributed by atoms with Crippen LogP contribution >= 0.6 is 7.82 Å². The number of allylic oxidation sites excluding steroid dienone is 12. The van der Waals surface area contributed by atoms with Crippen molar-refractivity contribution < 1.29 is 32.8 Å². The van der Waals surface area contributed by atoms with Crippen molar-refractivity contribution in [3.05, 3.63) is 72.9 Å². The van der Waals surface area contributed by atoms with Crippen LogP contribution in [0.15, 0.2) is 72.9 Å². The Kier molecular flexibility index (Phi) is 34.7. The van der Waals surface area contributed by atoms with E-state index < -0.39 is 13.9 Å². The maximum Gasteiger partial charge on any atom is 0.472 e. The van der Waals surface area contributed by atoms with Gasteiger partial charge in [0.1, 0.15) is 6.10 Å². The lowest BCUT2D eigenvalue weighted by atomic mass is 10.1. The Hall–Kier alpha value is -2.06. The highest BCUT2D eigenvalue weighted by Gasteiger charge is 2.25. The van der Waals surface area contributed by atoms with E-state index in [2.05, 4.69) is 86.8 Å². The van der Waals surface area contributed by atoms with Crippen LogP contribution < -0.4 is 5.73 Å². The van der Waals surface area contributed by atoms with Gasteiger partial charge in [-0.15, -0.1) is 0 Å². The normalized spacial score (nSPS) is 14.5. The summed E-state index contributed by atoms with van der Waals surface area (Å²) in [5.74, 6) is -0.358. The monoisotopic (exact) mass is 693 g/mol. The van der Waals surface area contributed by atoms with E-state index in [4.69, 9.17) is 24.3 Å². The van der Waals surface area contributed by atoms with E-state index in [1.54, 1.807) is 0 Å². The first-order valence-electron chi connectivity index (χ1n) is 18.4. The summed E-state index contributed by atoms with van der Waals surface area (Å²) in [6.07, 6.45) is 43.6. The number of hydrogen-bond donors (Lipinski definition) is 2. The van der Waals surface area contributed by atoms with Crippen molar-refractivity contribution in [1.29, 1.82) is 0 Å². The molecule has 276 valence electrons. The molecule has 48 heavy (non-hydrogen) atoms. The van der Waals surface area contributed by atoms with E-state index in [1.165, 1.54) is 38.5 Å². The number of rotatable bonds is 34. The molecule has 0 aromatic heterocycles. The maximum absolute atomic E-state index is 12.4. The molecule has 0 radical (unpaired) electrons. The lowest BCUT2D eigenvalue weighted by molar-refractivity contribution is -0.154. The van der Waals surface area contributed by atoms with Crippen LogP contribution in [0.2, 0.25) is 0 Å². The van der Waals surface area contributed by atoms with Gasteiger partial charge in [0.05, 0.1) is 19.8 Å². The molecule has 0 heterocycles. The van der Waals surface area contributed by atoms with E-state index in [-0.39, 0.29) is 32.3 Å². The van der Waals surface area contributed by atoms with Crippen molar-refractivity contribution in [2.75, 3.05) is 33.0 Å². The summed E-state index contributed by atoms with van der Waals surface area (Å²) in [4.78, 5) is 22.3. The molecule has 0 saturated heterocycles. The number of carbonyl (C=O) groups is 1. The van der Waals surface area contributed by atoms with Gasteiger partial charge in [0.15, 0.2) is 0 Å².